The van der Waals surface area contributed by atoms with Gasteiger partial charge < -0.3 is 9.47 Å². The number of halogens is 2. The van der Waals surface area contributed by atoms with Gasteiger partial charge in [0.2, 0.25) is 10.6 Å². The van der Waals surface area contributed by atoms with Crippen molar-refractivity contribution in [3.63, 3.8) is 0 Å². The van der Waals surface area contributed by atoms with Crippen molar-refractivity contribution in [2.45, 2.75) is 13.0 Å². The van der Waals surface area contributed by atoms with E-state index in [9.17, 15) is 0 Å². The van der Waals surface area contributed by atoms with Gasteiger partial charge in [0.15, 0.2) is 0 Å². The number of ether oxygens (including phenoxy) is 2. The fourth-order valence-electron chi connectivity index (χ4n) is 0.810. The lowest BCUT2D eigenvalue weighted by Gasteiger charge is -2.11. The summed E-state index contributed by atoms with van der Waals surface area (Å²) in [6.07, 6.45) is -0.172. The van der Waals surface area contributed by atoms with Crippen molar-refractivity contribution in [3.8, 4) is 6.01 Å². The topological polar surface area (TPSA) is 57.1 Å². The molecule has 1 aromatic rings. The van der Waals surface area contributed by atoms with Crippen LogP contribution in [0.25, 0.3) is 0 Å². The van der Waals surface area contributed by atoms with E-state index in [-0.39, 0.29) is 22.7 Å². The first-order valence-electron chi connectivity index (χ1n) is 3.84. The summed E-state index contributed by atoms with van der Waals surface area (Å²) in [6.45, 7) is 2.25. The quantitative estimate of drug-likeness (QED) is 0.797. The van der Waals surface area contributed by atoms with Crippen LogP contribution in [0.4, 0.5) is 0 Å². The zero-order chi connectivity index (χ0) is 10.6. The van der Waals surface area contributed by atoms with Crippen molar-refractivity contribution in [2.75, 3.05) is 13.7 Å². The van der Waals surface area contributed by atoms with Crippen LogP contribution in [0, 0.1) is 0 Å². The van der Waals surface area contributed by atoms with Crippen LogP contribution in [-0.4, -0.2) is 34.8 Å². The predicted molar refractivity (Wildman–Crippen MR) is 51.8 cm³/mol. The van der Waals surface area contributed by atoms with E-state index in [0.29, 0.717) is 6.61 Å². The molecule has 0 saturated heterocycles. The molecule has 0 spiro atoms. The Hall–Kier alpha value is -0.650. The van der Waals surface area contributed by atoms with Gasteiger partial charge in [0.25, 0.3) is 0 Å². The van der Waals surface area contributed by atoms with Crippen molar-refractivity contribution in [1.29, 1.82) is 0 Å². The number of rotatable bonds is 4. The summed E-state index contributed by atoms with van der Waals surface area (Å²) < 4.78 is 10.1. The molecule has 14 heavy (non-hydrogen) atoms. The molecule has 0 aliphatic carbocycles. The molecule has 78 valence electrons. The van der Waals surface area contributed by atoms with Gasteiger partial charge in [0, 0.05) is 7.11 Å². The molecule has 1 rings (SSSR count). The van der Waals surface area contributed by atoms with Crippen molar-refractivity contribution >= 4 is 23.2 Å². The Labute approximate surface area is 91.4 Å². The van der Waals surface area contributed by atoms with Crippen LogP contribution in [0.2, 0.25) is 10.6 Å². The van der Waals surface area contributed by atoms with Crippen LogP contribution >= 0.6 is 23.2 Å². The summed E-state index contributed by atoms with van der Waals surface area (Å²) >= 11 is 11.1. The highest BCUT2D eigenvalue weighted by molar-refractivity contribution is 6.31. The maximum Gasteiger partial charge on any atom is 0.322 e. The molecule has 5 nitrogen and oxygen atoms in total. The van der Waals surface area contributed by atoms with E-state index in [2.05, 4.69) is 15.0 Å². The Balaban J connectivity index is 2.66. The highest BCUT2D eigenvalue weighted by atomic mass is 35.5. The van der Waals surface area contributed by atoms with Gasteiger partial charge in [-0.1, -0.05) is 0 Å². The van der Waals surface area contributed by atoms with Crippen molar-refractivity contribution in [2.24, 2.45) is 0 Å². The van der Waals surface area contributed by atoms with E-state index in [1.165, 1.54) is 0 Å². The Morgan fingerprint density at radius 2 is 1.79 bits per heavy atom. The van der Waals surface area contributed by atoms with E-state index in [4.69, 9.17) is 32.7 Å². The van der Waals surface area contributed by atoms with Gasteiger partial charge >= 0.3 is 6.01 Å². The molecule has 0 fully saturated rings. The third-order valence-electron chi connectivity index (χ3n) is 1.27. The maximum absolute atomic E-state index is 5.55. The average molecular weight is 238 g/mol. The Morgan fingerprint density at radius 1 is 1.21 bits per heavy atom. The molecular weight excluding hydrogens is 229 g/mol. The van der Waals surface area contributed by atoms with E-state index in [0.717, 1.165) is 0 Å². The SMILES string of the molecule is COC[C@@H](C)Oc1nc(Cl)nc(Cl)n1. The number of methoxy groups -OCH3 is 1. The summed E-state index contributed by atoms with van der Waals surface area (Å²) in [5, 5.41) is 0.00855. The van der Waals surface area contributed by atoms with Crippen molar-refractivity contribution in [1.82, 2.24) is 15.0 Å². The monoisotopic (exact) mass is 237 g/mol. The molecule has 0 saturated carbocycles. The average Bonchev–Trinajstić information content (AvgIpc) is 2.01. The summed E-state index contributed by atoms with van der Waals surface area (Å²) in [7, 11) is 1.58. The third kappa shape index (κ3) is 3.61. The van der Waals surface area contributed by atoms with E-state index in [1.807, 2.05) is 6.92 Å². The van der Waals surface area contributed by atoms with Crippen LogP contribution in [0.3, 0.4) is 0 Å². The molecule has 0 radical (unpaired) electrons. The summed E-state index contributed by atoms with van der Waals surface area (Å²) in [5.74, 6) is 0. The van der Waals surface area contributed by atoms with Gasteiger partial charge in [-0.25, -0.2) is 0 Å². The van der Waals surface area contributed by atoms with Crippen LogP contribution in [0.5, 0.6) is 6.01 Å². The second-order valence-corrected chi connectivity index (χ2v) is 3.22. The standard InChI is InChI=1S/C7H9Cl2N3O2/c1-4(3-13-2)14-7-11-5(8)10-6(9)12-7/h4H,3H2,1-2H3/t4-/m1/s1. The molecule has 0 N–H and O–H groups in total. The Morgan fingerprint density at radius 3 is 2.29 bits per heavy atom. The molecule has 0 unspecified atom stereocenters. The van der Waals surface area contributed by atoms with Gasteiger partial charge in [-0.15, -0.1) is 0 Å². The van der Waals surface area contributed by atoms with Gasteiger partial charge in [-0.05, 0) is 30.1 Å². The molecule has 7 heteroatoms. The second-order valence-electron chi connectivity index (χ2n) is 2.54. The van der Waals surface area contributed by atoms with Crippen molar-refractivity contribution in [3.05, 3.63) is 10.6 Å². The summed E-state index contributed by atoms with van der Waals surface area (Å²) in [5.41, 5.74) is 0. The molecule has 0 aromatic carbocycles. The minimum absolute atomic E-state index is 0.00427. The number of hydrogen-bond donors (Lipinski definition) is 0. The lowest BCUT2D eigenvalue weighted by Crippen LogP contribution is -2.19. The van der Waals surface area contributed by atoms with Crippen LogP contribution in [0.15, 0.2) is 0 Å². The lowest BCUT2D eigenvalue weighted by molar-refractivity contribution is 0.0853. The molecule has 0 aliphatic heterocycles. The molecule has 1 heterocycles. The zero-order valence-corrected chi connectivity index (χ0v) is 9.21. The Bertz CT molecular complexity index is 291. The molecule has 1 aromatic heterocycles. The summed E-state index contributed by atoms with van der Waals surface area (Å²) in [6, 6.07) is 0.0968. The zero-order valence-electron chi connectivity index (χ0n) is 7.70. The molecule has 1 atom stereocenters. The van der Waals surface area contributed by atoms with E-state index >= 15 is 0 Å². The fourth-order valence-corrected chi connectivity index (χ4v) is 1.16. The molecule has 0 amide bonds. The largest absolute Gasteiger partial charge is 0.458 e. The fraction of sp³-hybridized carbons (Fsp3) is 0.571. The van der Waals surface area contributed by atoms with Crippen LogP contribution in [0.1, 0.15) is 6.92 Å². The number of nitrogens with zero attached hydrogens (tertiary/aromatic N) is 3. The van der Waals surface area contributed by atoms with E-state index < -0.39 is 0 Å². The lowest BCUT2D eigenvalue weighted by atomic mass is 10.4. The highest BCUT2D eigenvalue weighted by Crippen LogP contribution is 2.12. The van der Waals surface area contributed by atoms with E-state index in [1.54, 1.807) is 7.11 Å². The van der Waals surface area contributed by atoms with Gasteiger partial charge in [-0.2, -0.15) is 15.0 Å². The highest BCUT2D eigenvalue weighted by Gasteiger charge is 2.08. The second kappa shape index (κ2) is 5.29. The normalized spacial score (nSPS) is 12.6. The smallest absolute Gasteiger partial charge is 0.322 e. The predicted octanol–water partition coefficient (Wildman–Crippen LogP) is 1.59. The van der Waals surface area contributed by atoms with Gasteiger partial charge in [0.1, 0.15) is 6.10 Å². The number of aromatic nitrogens is 3. The summed E-state index contributed by atoms with van der Waals surface area (Å²) in [4.78, 5) is 11.1. The van der Waals surface area contributed by atoms with Gasteiger partial charge in [0.05, 0.1) is 6.61 Å². The van der Waals surface area contributed by atoms with Crippen LogP contribution in [-0.2, 0) is 4.74 Å². The first-order chi connectivity index (χ1) is 6.61. The van der Waals surface area contributed by atoms with Gasteiger partial charge in [-0.3, -0.25) is 0 Å². The Kier molecular flexibility index (Phi) is 4.31. The minimum atomic E-state index is -0.172. The molecule has 0 bridgehead atoms. The first kappa shape index (κ1) is 11.4. The number of hydrogen-bond acceptors (Lipinski definition) is 5. The molecule has 0 aliphatic rings. The minimum Gasteiger partial charge on any atom is -0.458 e. The van der Waals surface area contributed by atoms with Crippen LogP contribution < -0.4 is 4.74 Å². The first-order valence-corrected chi connectivity index (χ1v) is 4.60. The van der Waals surface area contributed by atoms with Crippen molar-refractivity contribution < 1.29 is 9.47 Å². The third-order valence-corrected chi connectivity index (χ3v) is 1.61. The molecular formula is C7H9Cl2N3O2. The maximum atomic E-state index is 5.55.